The average molecular weight is 229 g/mol. The lowest BCUT2D eigenvalue weighted by atomic mass is 9.55. The predicted octanol–water partition coefficient (Wildman–Crippen LogP) is 3.65. The van der Waals surface area contributed by atoms with Crippen molar-refractivity contribution < 1.29 is 0 Å². The van der Waals surface area contributed by atoms with Crippen LogP contribution in [0.3, 0.4) is 0 Å². The molecule has 2 atom stereocenters. The van der Waals surface area contributed by atoms with E-state index in [1.54, 1.807) is 0 Å². The summed E-state index contributed by atoms with van der Waals surface area (Å²) in [5.74, 6) is 0. The Kier molecular flexibility index (Phi) is 2.90. The van der Waals surface area contributed by atoms with E-state index in [4.69, 9.17) is 5.73 Å². The molecule has 2 N–H and O–H groups in total. The molecule has 0 saturated heterocycles. The third-order valence-electron chi connectivity index (χ3n) is 4.70. The van der Waals surface area contributed by atoms with E-state index in [0.29, 0.717) is 0 Å². The first kappa shape index (κ1) is 12.4. The minimum absolute atomic E-state index is 0.0874. The highest BCUT2D eigenvalue weighted by atomic mass is 14.7. The molecule has 0 aliphatic heterocycles. The first-order valence-corrected chi connectivity index (χ1v) is 6.38. The fraction of sp³-hybridized carbons (Fsp3) is 0.500. The van der Waals surface area contributed by atoms with Crippen LogP contribution < -0.4 is 5.73 Å². The van der Waals surface area contributed by atoms with Crippen LogP contribution in [0.25, 0.3) is 0 Å². The molecule has 1 aromatic rings. The van der Waals surface area contributed by atoms with Gasteiger partial charge in [-0.1, -0.05) is 62.8 Å². The summed E-state index contributed by atoms with van der Waals surface area (Å²) in [5, 5.41) is 0. The molecule has 92 valence electrons. The Bertz CT molecular complexity index is 430. The smallest absolute Gasteiger partial charge is 0.0232 e. The highest BCUT2D eigenvalue weighted by Gasteiger charge is 2.46. The van der Waals surface area contributed by atoms with Gasteiger partial charge in [-0.3, -0.25) is 0 Å². The van der Waals surface area contributed by atoms with E-state index in [1.165, 1.54) is 11.1 Å². The topological polar surface area (TPSA) is 26.0 Å². The molecule has 1 aliphatic rings. The number of hydrogen-bond acceptors (Lipinski definition) is 1. The van der Waals surface area contributed by atoms with E-state index in [0.717, 1.165) is 6.42 Å². The normalized spacial score (nSPS) is 32.1. The highest BCUT2D eigenvalue weighted by Crippen LogP contribution is 2.51. The van der Waals surface area contributed by atoms with E-state index in [1.807, 2.05) is 0 Å². The zero-order valence-corrected chi connectivity index (χ0v) is 11.3. The van der Waals surface area contributed by atoms with Crippen LogP contribution in [0.1, 0.15) is 39.7 Å². The van der Waals surface area contributed by atoms with Crippen LogP contribution in [0.4, 0.5) is 0 Å². The Morgan fingerprint density at radius 2 is 1.71 bits per heavy atom. The molecule has 0 aromatic heterocycles. The van der Waals surface area contributed by atoms with E-state index >= 15 is 0 Å². The second kappa shape index (κ2) is 3.99. The van der Waals surface area contributed by atoms with Crippen LogP contribution in [-0.4, -0.2) is 6.04 Å². The quantitative estimate of drug-likeness (QED) is 0.731. The lowest BCUT2D eigenvalue weighted by Gasteiger charge is -2.50. The summed E-state index contributed by atoms with van der Waals surface area (Å²) in [5.41, 5.74) is 9.19. The van der Waals surface area contributed by atoms with Crippen molar-refractivity contribution >= 4 is 0 Å². The van der Waals surface area contributed by atoms with Gasteiger partial charge in [0.15, 0.2) is 0 Å². The molecular weight excluding hydrogens is 206 g/mol. The number of rotatable bonds is 1. The summed E-state index contributed by atoms with van der Waals surface area (Å²) in [7, 11) is 0. The third kappa shape index (κ3) is 1.83. The van der Waals surface area contributed by atoms with Crippen molar-refractivity contribution in [3.63, 3.8) is 0 Å². The van der Waals surface area contributed by atoms with Crippen LogP contribution in [0, 0.1) is 5.41 Å². The van der Waals surface area contributed by atoms with Crippen LogP contribution in [-0.2, 0) is 5.41 Å². The van der Waals surface area contributed by atoms with Gasteiger partial charge < -0.3 is 5.73 Å². The van der Waals surface area contributed by atoms with Crippen molar-refractivity contribution in [1.82, 2.24) is 0 Å². The average Bonchev–Trinajstić information content (AvgIpc) is 2.26. The van der Waals surface area contributed by atoms with Gasteiger partial charge in [0.05, 0.1) is 0 Å². The summed E-state index contributed by atoms with van der Waals surface area (Å²) < 4.78 is 0. The van der Waals surface area contributed by atoms with E-state index < -0.39 is 0 Å². The second-order valence-corrected chi connectivity index (χ2v) is 6.09. The van der Waals surface area contributed by atoms with Crippen LogP contribution >= 0.6 is 0 Å². The molecule has 2 rings (SSSR count). The SMILES string of the molecule is CC1=C[C@@H](N)CC(C)(C)[C@]1(C)c1ccccc1. The minimum Gasteiger partial charge on any atom is -0.324 e. The van der Waals surface area contributed by atoms with Crippen molar-refractivity contribution in [2.24, 2.45) is 11.1 Å². The molecule has 1 aliphatic carbocycles. The van der Waals surface area contributed by atoms with Gasteiger partial charge in [-0.15, -0.1) is 0 Å². The molecule has 1 heteroatoms. The van der Waals surface area contributed by atoms with Gasteiger partial charge in [-0.05, 0) is 24.3 Å². The molecule has 0 unspecified atom stereocenters. The Labute approximate surface area is 105 Å². The van der Waals surface area contributed by atoms with Gasteiger partial charge in [0.2, 0.25) is 0 Å². The van der Waals surface area contributed by atoms with Crippen LogP contribution in [0.2, 0.25) is 0 Å². The standard InChI is InChI=1S/C16H23N/c1-12-10-14(17)11-15(2,3)16(12,4)13-8-6-5-7-9-13/h5-10,14H,11,17H2,1-4H3/t14-,16+/m1/s1. The molecule has 17 heavy (non-hydrogen) atoms. The van der Waals surface area contributed by atoms with E-state index in [9.17, 15) is 0 Å². The first-order valence-electron chi connectivity index (χ1n) is 6.38. The summed E-state index contributed by atoms with van der Waals surface area (Å²) in [6.45, 7) is 9.22. The minimum atomic E-state index is 0.0874. The fourth-order valence-corrected chi connectivity index (χ4v) is 3.26. The summed E-state index contributed by atoms with van der Waals surface area (Å²) in [4.78, 5) is 0. The number of hydrogen-bond donors (Lipinski definition) is 1. The molecule has 0 saturated carbocycles. The van der Waals surface area contributed by atoms with Gasteiger partial charge >= 0.3 is 0 Å². The molecule has 0 amide bonds. The van der Waals surface area contributed by atoms with Crippen molar-refractivity contribution in [1.29, 1.82) is 0 Å². The fourth-order valence-electron chi connectivity index (χ4n) is 3.26. The molecule has 0 heterocycles. The van der Waals surface area contributed by atoms with Crippen molar-refractivity contribution in [3.8, 4) is 0 Å². The van der Waals surface area contributed by atoms with Crippen molar-refractivity contribution in [3.05, 3.63) is 47.5 Å². The maximum Gasteiger partial charge on any atom is 0.0232 e. The van der Waals surface area contributed by atoms with Crippen LogP contribution in [0.5, 0.6) is 0 Å². The summed E-state index contributed by atoms with van der Waals surface area (Å²) >= 11 is 0. The third-order valence-corrected chi connectivity index (χ3v) is 4.70. The molecule has 0 spiro atoms. The molecule has 1 aromatic carbocycles. The second-order valence-electron chi connectivity index (χ2n) is 6.09. The Hall–Kier alpha value is -1.08. The van der Waals surface area contributed by atoms with E-state index in [2.05, 4.69) is 64.1 Å². The number of nitrogens with two attached hydrogens (primary N) is 1. The Morgan fingerprint density at radius 3 is 2.24 bits per heavy atom. The molecule has 1 nitrogen and oxygen atoms in total. The van der Waals surface area contributed by atoms with Crippen LogP contribution in [0.15, 0.2) is 42.0 Å². The lowest BCUT2D eigenvalue weighted by Crippen LogP contribution is -2.47. The summed E-state index contributed by atoms with van der Waals surface area (Å²) in [6, 6.07) is 11.0. The van der Waals surface area contributed by atoms with Gasteiger partial charge in [-0.2, -0.15) is 0 Å². The first-order chi connectivity index (χ1) is 7.88. The zero-order chi connectivity index (χ0) is 12.7. The maximum atomic E-state index is 6.12. The molecular formula is C16H23N. The van der Waals surface area contributed by atoms with Crippen molar-refractivity contribution in [2.45, 2.75) is 45.6 Å². The zero-order valence-electron chi connectivity index (χ0n) is 11.3. The molecule has 0 fully saturated rings. The largest absolute Gasteiger partial charge is 0.324 e. The molecule has 0 bridgehead atoms. The Morgan fingerprint density at radius 1 is 1.12 bits per heavy atom. The van der Waals surface area contributed by atoms with Gasteiger partial charge in [0.1, 0.15) is 0 Å². The predicted molar refractivity (Wildman–Crippen MR) is 73.9 cm³/mol. The van der Waals surface area contributed by atoms with Gasteiger partial charge in [-0.25, -0.2) is 0 Å². The Balaban J connectivity index is 2.58. The molecule has 0 radical (unpaired) electrons. The van der Waals surface area contributed by atoms with Gasteiger partial charge in [0, 0.05) is 11.5 Å². The van der Waals surface area contributed by atoms with E-state index in [-0.39, 0.29) is 16.9 Å². The monoisotopic (exact) mass is 229 g/mol. The van der Waals surface area contributed by atoms with Gasteiger partial charge in [0.25, 0.3) is 0 Å². The van der Waals surface area contributed by atoms with Crippen molar-refractivity contribution in [2.75, 3.05) is 0 Å². The summed E-state index contributed by atoms with van der Waals surface area (Å²) in [6.07, 6.45) is 3.27. The number of benzene rings is 1. The highest BCUT2D eigenvalue weighted by molar-refractivity contribution is 5.40. The maximum absolute atomic E-state index is 6.12. The number of allylic oxidation sites excluding steroid dienone is 1. The lowest BCUT2D eigenvalue weighted by molar-refractivity contribution is 0.175.